The molecule has 0 saturated carbocycles. The van der Waals surface area contributed by atoms with Crippen LogP contribution >= 0.6 is 0 Å². The Bertz CT molecular complexity index is 591. The maximum Gasteiger partial charge on any atom is 0.144 e. The van der Waals surface area contributed by atoms with Crippen molar-refractivity contribution in [2.45, 2.75) is 33.3 Å². The number of ether oxygens (including phenoxy) is 1. The van der Waals surface area contributed by atoms with Crippen LogP contribution < -0.4 is 15.4 Å². The molecule has 2 aromatic rings. The Labute approximate surface area is 127 Å². The summed E-state index contributed by atoms with van der Waals surface area (Å²) >= 11 is 0. The third kappa shape index (κ3) is 3.48. The van der Waals surface area contributed by atoms with E-state index in [-0.39, 0.29) is 6.10 Å². The van der Waals surface area contributed by atoms with Crippen LogP contribution in [0.4, 0.5) is 17.1 Å². The topological polar surface area (TPSA) is 38.5 Å². The van der Waals surface area contributed by atoms with Gasteiger partial charge >= 0.3 is 0 Å². The molecule has 0 aromatic heterocycles. The third-order valence-corrected chi connectivity index (χ3v) is 3.50. The molecule has 0 spiro atoms. The summed E-state index contributed by atoms with van der Waals surface area (Å²) in [6.45, 7) is 6.15. The van der Waals surface area contributed by atoms with E-state index in [9.17, 15) is 0 Å². The first-order chi connectivity index (χ1) is 10.0. The van der Waals surface area contributed by atoms with Crippen molar-refractivity contribution in [2.24, 2.45) is 0 Å². The molecule has 112 valence electrons. The first-order valence-electron chi connectivity index (χ1n) is 7.40. The second-order valence-electron chi connectivity index (χ2n) is 5.43. The van der Waals surface area contributed by atoms with Crippen LogP contribution in [-0.4, -0.2) is 13.2 Å². The van der Waals surface area contributed by atoms with Crippen LogP contribution in [0.2, 0.25) is 0 Å². The number of hydrogen-bond donors (Lipinski definition) is 1. The molecular weight excluding hydrogens is 260 g/mol. The van der Waals surface area contributed by atoms with Gasteiger partial charge in [-0.3, -0.25) is 0 Å². The first-order valence-corrected chi connectivity index (χ1v) is 7.40. The molecule has 0 radical (unpaired) electrons. The third-order valence-electron chi connectivity index (χ3n) is 3.50. The Balaban J connectivity index is 2.31. The fourth-order valence-corrected chi connectivity index (χ4v) is 2.28. The fourth-order valence-electron chi connectivity index (χ4n) is 2.28. The van der Waals surface area contributed by atoms with Crippen molar-refractivity contribution < 1.29 is 4.74 Å². The zero-order valence-electron chi connectivity index (χ0n) is 13.3. The van der Waals surface area contributed by atoms with E-state index in [2.05, 4.69) is 36.1 Å². The molecule has 0 aliphatic rings. The highest BCUT2D eigenvalue weighted by atomic mass is 16.5. The van der Waals surface area contributed by atoms with Crippen LogP contribution in [0.15, 0.2) is 42.5 Å². The molecule has 0 aliphatic heterocycles. The molecule has 21 heavy (non-hydrogen) atoms. The molecule has 0 aliphatic carbocycles. The number of hydrogen-bond acceptors (Lipinski definition) is 3. The van der Waals surface area contributed by atoms with Gasteiger partial charge in [0.25, 0.3) is 0 Å². The summed E-state index contributed by atoms with van der Waals surface area (Å²) in [5.74, 6) is 0.736. The quantitative estimate of drug-likeness (QED) is 0.828. The van der Waals surface area contributed by atoms with Gasteiger partial charge in [-0.15, -0.1) is 0 Å². The molecule has 2 aromatic carbocycles. The van der Waals surface area contributed by atoms with Gasteiger partial charge in [-0.2, -0.15) is 0 Å². The standard InChI is InChI=1S/C18H24N2O/c1-5-14-9-11-15(12-10-14)20(4)16-7-6-8-17(18(16)19)21-13(2)3/h6-13H,5,19H2,1-4H3. The minimum Gasteiger partial charge on any atom is -0.489 e. The second-order valence-corrected chi connectivity index (χ2v) is 5.43. The van der Waals surface area contributed by atoms with Crippen LogP contribution in [0.5, 0.6) is 5.75 Å². The van der Waals surface area contributed by atoms with Crippen LogP contribution in [0, 0.1) is 0 Å². The van der Waals surface area contributed by atoms with E-state index < -0.39 is 0 Å². The van der Waals surface area contributed by atoms with Crippen molar-refractivity contribution >= 4 is 17.1 Å². The molecule has 0 heterocycles. The lowest BCUT2D eigenvalue weighted by molar-refractivity contribution is 0.244. The van der Waals surface area contributed by atoms with E-state index in [1.807, 2.05) is 39.1 Å². The molecule has 0 amide bonds. The lowest BCUT2D eigenvalue weighted by atomic mass is 10.1. The van der Waals surface area contributed by atoms with Gasteiger partial charge in [0.1, 0.15) is 5.75 Å². The van der Waals surface area contributed by atoms with Gasteiger partial charge in [0.2, 0.25) is 0 Å². The van der Waals surface area contributed by atoms with Gasteiger partial charge in [0.05, 0.1) is 17.5 Å². The number of rotatable bonds is 5. The predicted octanol–water partition coefficient (Wildman–Crippen LogP) is 4.39. The average Bonchev–Trinajstić information content (AvgIpc) is 2.48. The number of anilines is 3. The summed E-state index contributed by atoms with van der Waals surface area (Å²) < 4.78 is 5.76. The maximum absolute atomic E-state index is 6.26. The summed E-state index contributed by atoms with van der Waals surface area (Å²) in [6.07, 6.45) is 1.15. The normalized spacial score (nSPS) is 10.7. The summed E-state index contributed by atoms with van der Waals surface area (Å²) in [5.41, 5.74) is 10.3. The number of nitrogens with zero attached hydrogens (tertiary/aromatic N) is 1. The lowest BCUT2D eigenvalue weighted by Gasteiger charge is -2.23. The number of benzene rings is 2. The molecule has 0 fully saturated rings. The molecule has 0 unspecified atom stereocenters. The summed E-state index contributed by atoms with van der Waals surface area (Å²) in [5, 5.41) is 0. The highest BCUT2D eigenvalue weighted by Crippen LogP contribution is 2.35. The Hall–Kier alpha value is -2.16. The minimum absolute atomic E-state index is 0.108. The van der Waals surface area contributed by atoms with E-state index in [4.69, 9.17) is 10.5 Å². The van der Waals surface area contributed by atoms with Crippen molar-refractivity contribution in [3.63, 3.8) is 0 Å². The zero-order chi connectivity index (χ0) is 15.4. The highest BCUT2D eigenvalue weighted by molar-refractivity contribution is 5.78. The molecule has 2 N–H and O–H groups in total. The Morgan fingerprint density at radius 2 is 1.76 bits per heavy atom. The first kappa shape index (κ1) is 15.2. The summed E-state index contributed by atoms with van der Waals surface area (Å²) in [6, 6.07) is 14.4. The van der Waals surface area contributed by atoms with E-state index in [0.29, 0.717) is 5.69 Å². The van der Waals surface area contributed by atoms with Crippen LogP contribution in [0.1, 0.15) is 26.3 Å². The average molecular weight is 284 g/mol. The number of para-hydroxylation sites is 1. The Morgan fingerprint density at radius 3 is 2.33 bits per heavy atom. The van der Waals surface area contributed by atoms with Crippen LogP contribution in [0.25, 0.3) is 0 Å². The van der Waals surface area contributed by atoms with Gasteiger partial charge in [0, 0.05) is 12.7 Å². The smallest absolute Gasteiger partial charge is 0.144 e. The van der Waals surface area contributed by atoms with Gasteiger partial charge < -0.3 is 15.4 Å². The second kappa shape index (κ2) is 6.53. The van der Waals surface area contributed by atoms with Crippen molar-refractivity contribution in [2.75, 3.05) is 17.7 Å². The van der Waals surface area contributed by atoms with Crippen molar-refractivity contribution in [1.29, 1.82) is 0 Å². The maximum atomic E-state index is 6.26. The molecule has 2 rings (SSSR count). The molecular formula is C18H24N2O. The van der Waals surface area contributed by atoms with Gasteiger partial charge in [-0.25, -0.2) is 0 Å². The highest BCUT2D eigenvalue weighted by Gasteiger charge is 2.12. The monoisotopic (exact) mass is 284 g/mol. The van der Waals surface area contributed by atoms with Crippen LogP contribution in [0.3, 0.4) is 0 Å². The predicted molar refractivity (Wildman–Crippen MR) is 90.5 cm³/mol. The van der Waals surface area contributed by atoms with Crippen molar-refractivity contribution in [3.8, 4) is 5.75 Å². The largest absolute Gasteiger partial charge is 0.489 e. The van der Waals surface area contributed by atoms with Gasteiger partial charge in [-0.1, -0.05) is 25.1 Å². The minimum atomic E-state index is 0.108. The Kier molecular flexibility index (Phi) is 4.73. The van der Waals surface area contributed by atoms with E-state index >= 15 is 0 Å². The van der Waals surface area contributed by atoms with Crippen LogP contribution in [-0.2, 0) is 6.42 Å². The number of aryl methyl sites for hydroxylation is 1. The van der Waals surface area contributed by atoms with Gasteiger partial charge in [0.15, 0.2) is 0 Å². The van der Waals surface area contributed by atoms with E-state index in [1.165, 1.54) is 5.56 Å². The number of nitrogens with two attached hydrogens (primary N) is 1. The van der Waals surface area contributed by atoms with E-state index in [1.54, 1.807) is 0 Å². The molecule has 3 nitrogen and oxygen atoms in total. The molecule has 0 bridgehead atoms. The zero-order valence-corrected chi connectivity index (χ0v) is 13.3. The number of nitrogen functional groups attached to an aromatic ring is 1. The molecule has 0 saturated heterocycles. The lowest BCUT2D eigenvalue weighted by Crippen LogP contribution is -2.14. The Morgan fingerprint density at radius 1 is 1.10 bits per heavy atom. The fraction of sp³-hybridized carbons (Fsp3) is 0.333. The summed E-state index contributed by atoms with van der Waals surface area (Å²) in [4.78, 5) is 2.09. The molecule has 3 heteroatoms. The van der Waals surface area contributed by atoms with Crippen molar-refractivity contribution in [3.05, 3.63) is 48.0 Å². The van der Waals surface area contributed by atoms with E-state index in [0.717, 1.165) is 23.5 Å². The van der Waals surface area contributed by atoms with Gasteiger partial charge in [-0.05, 0) is 50.1 Å². The van der Waals surface area contributed by atoms with Crippen molar-refractivity contribution in [1.82, 2.24) is 0 Å². The summed E-state index contributed by atoms with van der Waals surface area (Å²) in [7, 11) is 2.02. The SMILES string of the molecule is CCc1ccc(N(C)c2cccc(OC(C)C)c2N)cc1. The molecule has 0 atom stereocenters.